The van der Waals surface area contributed by atoms with Crippen molar-refractivity contribution in [3.05, 3.63) is 95.0 Å². The minimum atomic E-state index is -3.85. The zero-order chi connectivity index (χ0) is 30.0. The average molecular weight is 600 g/mol. The molecule has 2 atom stereocenters. The van der Waals surface area contributed by atoms with E-state index in [9.17, 15) is 18.0 Å². The van der Waals surface area contributed by atoms with Crippen LogP contribution in [0.2, 0.25) is 5.02 Å². The molecule has 0 radical (unpaired) electrons. The van der Waals surface area contributed by atoms with Gasteiger partial charge in [-0.05, 0) is 61.2 Å². The van der Waals surface area contributed by atoms with Crippen molar-refractivity contribution in [3.63, 3.8) is 0 Å². The normalized spacial score (nSPS) is 12.7. The summed E-state index contributed by atoms with van der Waals surface area (Å²) in [4.78, 5) is 28.5. The molecule has 3 aromatic rings. The van der Waals surface area contributed by atoms with Gasteiger partial charge in [-0.1, -0.05) is 74.0 Å². The second-order valence-electron chi connectivity index (χ2n) is 9.89. The Morgan fingerprint density at radius 3 is 2.15 bits per heavy atom. The van der Waals surface area contributed by atoms with E-state index in [2.05, 4.69) is 5.32 Å². The van der Waals surface area contributed by atoms with Crippen LogP contribution in [0, 0.1) is 0 Å². The summed E-state index contributed by atoms with van der Waals surface area (Å²) in [5.74, 6) is -0.260. The number of ether oxygens (including phenoxy) is 1. The maximum absolute atomic E-state index is 13.8. The summed E-state index contributed by atoms with van der Waals surface area (Å²) in [6, 6.07) is 22.4. The SMILES string of the molecule is CC[C@@H](C)NC(=O)[C@@H](CC)N(Cc1ccccc1Cl)C(=O)CN(c1ccc(OCc2ccccc2)cc1)S(C)(=O)=O. The van der Waals surface area contributed by atoms with Crippen molar-refractivity contribution >= 4 is 39.1 Å². The average Bonchev–Trinajstić information content (AvgIpc) is 2.95. The first kappa shape index (κ1) is 32.0. The van der Waals surface area contributed by atoms with Gasteiger partial charge in [0, 0.05) is 17.6 Å². The van der Waals surface area contributed by atoms with E-state index in [0.29, 0.717) is 35.1 Å². The molecule has 0 aromatic heterocycles. The second kappa shape index (κ2) is 14.9. The summed E-state index contributed by atoms with van der Waals surface area (Å²) in [5.41, 5.74) is 1.97. The zero-order valence-corrected chi connectivity index (χ0v) is 25.5. The van der Waals surface area contributed by atoms with Crippen LogP contribution in [0.4, 0.5) is 5.69 Å². The summed E-state index contributed by atoms with van der Waals surface area (Å²) in [5, 5.41) is 3.40. The number of amides is 2. The molecule has 1 N–H and O–H groups in total. The lowest BCUT2D eigenvalue weighted by Gasteiger charge is -2.33. The molecule has 0 spiro atoms. The van der Waals surface area contributed by atoms with E-state index in [1.54, 1.807) is 48.5 Å². The van der Waals surface area contributed by atoms with Gasteiger partial charge in [-0.25, -0.2) is 8.42 Å². The molecule has 0 heterocycles. The highest BCUT2D eigenvalue weighted by atomic mass is 35.5. The lowest BCUT2D eigenvalue weighted by Crippen LogP contribution is -2.53. The van der Waals surface area contributed by atoms with E-state index < -0.39 is 28.5 Å². The van der Waals surface area contributed by atoms with E-state index in [1.165, 1.54) is 4.90 Å². The Morgan fingerprint density at radius 2 is 1.56 bits per heavy atom. The lowest BCUT2D eigenvalue weighted by molar-refractivity contribution is -0.140. The molecule has 0 fully saturated rings. The van der Waals surface area contributed by atoms with E-state index in [4.69, 9.17) is 16.3 Å². The van der Waals surface area contributed by atoms with Gasteiger partial charge in [-0.15, -0.1) is 0 Å². The van der Waals surface area contributed by atoms with Gasteiger partial charge in [0.05, 0.1) is 11.9 Å². The molecular formula is C31H38ClN3O5S. The number of hydrogen-bond acceptors (Lipinski definition) is 5. The highest BCUT2D eigenvalue weighted by molar-refractivity contribution is 7.92. The predicted molar refractivity (Wildman–Crippen MR) is 163 cm³/mol. The van der Waals surface area contributed by atoms with Crippen LogP contribution in [0.3, 0.4) is 0 Å². The molecule has 220 valence electrons. The number of nitrogens with one attached hydrogen (secondary N) is 1. The predicted octanol–water partition coefficient (Wildman–Crippen LogP) is 5.41. The third kappa shape index (κ3) is 9.23. The number of rotatable bonds is 14. The van der Waals surface area contributed by atoms with Crippen molar-refractivity contribution < 1.29 is 22.7 Å². The summed E-state index contributed by atoms with van der Waals surface area (Å²) in [6.45, 7) is 5.60. The Morgan fingerprint density at radius 1 is 0.927 bits per heavy atom. The van der Waals surface area contributed by atoms with Crippen LogP contribution in [0.5, 0.6) is 5.75 Å². The number of halogens is 1. The Hall–Kier alpha value is -3.56. The van der Waals surface area contributed by atoms with Crippen LogP contribution in [-0.2, 0) is 32.8 Å². The quantitative estimate of drug-likeness (QED) is 0.267. The molecule has 2 amide bonds. The lowest BCUT2D eigenvalue weighted by atomic mass is 10.1. The Kier molecular flexibility index (Phi) is 11.6. The molecule has 0 aliphatic heterocycles. The first-order valence-corrected chi connectivity index (χ1v) is 15.8. The minimum absolute atomic E-state index is 0.0504. The van der Waals surface area contributed by atoms with E-state index in [0.717, 1.165) is 22.5 Å². The molecule has 0 saturated heterocycles. The third-order valence-corrected chi connectivity index (χ3v) is 8.25. The molecule has 0 bridgehead atoms. The van der Waals surface area contributed by atoms with Gasteiger partial charge in [-0.2, -0.15) is 0 Å². The van der Waals surface area contributed by atoms with E-state index >= 15 is 0 Å². The van der Waals surface area contributed by atoms with Crippen molar-refractivity contribution in [1.82, 2.24) is 10.2 Å². The zero-order valence-electron chi connectivity index (χ0n) is 23.9. The van der Waals surface area contributed by atoms with Crippen LogP contribution in [0.1, 0.15) is 44.7 Å². The first-order valence-electron chi connectivity index (χ1n) is 13.6. The smallest absolute Gasteiger partial charge is 0.244 e. The molecule has 3 aromatic carbocycles. The van der Waals surface area contributed by atoms with Gasteiger partial charge in [0.15, 0.2) is 0 Å². The standard InChI is InChI=1S/C31H38ClN3O5S/c1-5-23(3)33-31(37)29(6-2)34(20-25-14-10-11-15-28(25)32)30(36)21-35(41(4,38)39)26-16-18-27(19-17-26)40-22-24-12-8-7-9-13-24/h7-19,23,29H,5-6,20-22H2,1-4H3,(H,33,37)/t23-,29-/m1/s1. The Balaban J connectivity index is 1.86. The Labute approximate surface area is 248 Å². The molecule has 0 aliphatic carbocycles. The summed E-state index contributed by atoms with van der Waals surface area (Å²) in [7, 11) is -3.85. The van der Waals surface area contributed by atoms with Gasteiger partial charge in [0.1, 0.15) is 24.9 Å². The highest BCUT2D eigenvalue weighted by Crippen LogP contribution is 2.24. The van der Waals surface area contributed by atoms with Crippen molar-refractivity contribution in [2.75, 3.05) is 17.1 Å². The van der Waals surface area contributed by atoms with E-state index in [1.807, 2.05) is 51.1 Å². The largest absolute Gasteiger partial charge is 0.489 e. The number of hydrogen-bond donors (Lipinski definition) is 1. The highest BCUT2D eigenvalue weighted by Gasteiger charge is 2.32. The fourth-order valence-corrected chi connectivity index (χ4v) is 5.28. The van der Waals surface area contributed by atoms with Crippen LogP contribution >= 0.6 is 11.6 Å². The number of anilines is 1. The number of carbonyl (C=O) groups excluding carboxylic acids is 2. The fraction of sp³-hybridized carbons (Fsp3) is 0.355. The van der Waals surface area contributed by atoms with Gasteiger partial charge in [0.25, 0.3) is 0 Å². The number of carbonyl (C=O) groups is 2. The molecule has 3 rings (SSSR count). The maximum atomic E-state index is 13.8. The number of nitrogens with zero attached hydrogens (tertiary/aromatic N) is 2. The Bertz CT molecular complexity index is 1400. The molecule has 8 nitrogen and oxygen atoms in total. The maximum Gasteiger partial charge on any atom is 0.244 e. The van der Waals surface area contributed by atoms with Gasteiger partial charge >= 0.3 is 0 Å². The third-order valence-electron chi connectivity index (χ3n) is 6.74. The monoisotopic (exact) mass is 599 g/mol. The second-order valence-corrected chi connectivity index (χ2v) is 12.2. The van der Waals surface area contributed by atoms with Gasteiger partial charge in [-0.3, -0.25) is 13.9 Å². The fourth-order valence-electron chi connectivity index (χ4n) is 4.23. The van der Waals surface area contributed by atoms with Crippen molar-refractivity contribution in [1.29, 1.82) is 0 Å². The summed E-state index contributed by atoms with van der Waals surface area (Å²) < 4.78 is 32.6. The first-order chi connectivity index (χ1) is 19.5. The van der Waals surface area contributed by atoms with Gasteiger partial charge in [0.2, 0.25) is 21.8 Å². The van der Waals surface area contributed by atoms with E-state index in [-0.39, 0.29) is 18.5 Å². The van der Waals surface area contributed by atoms with Crippen molar-refractivity contribution in [2.45, 2.75) is 58.8 Å². The molecule has 41 heavy (non-hydrogen) atoms. The van der Waals surface area contributed by atoms with Crippen LogP contribution < -0.4 is 14.4 Å². The topological polar surface area (TPSA) is 96.0 Å². The molecule has 0 unspecified atom stereocenters. The number of sulfonamides is 1. The summed E-state index contributed by atoms with van der Waals surface area (Å²) >= 11 is 6.40. The molecule has 0 saturated carbocycles. The summed E-state index contributed by atoms with van der Waals surface area (Å²) in [6.07, 6.45) is 2.11. The van der Waals surface area contributed by atoms with Crippen LogP contribution in [-0.4, -0.2) is 50.0 Å². The van der Waals surface area contributed by atoms with Gasteiger partial charge < -0.3 is 15.0 Å². The molecule has 10 heteroatoms. The number of benzene rings is 3. The van der Waals surface area contributed by atoms with Crippen molar-refractivity contribution in [3.8, 4) is 5.75 Å². The van der Waals surface area contributed by atoms with Crippen molar-refractivity contribution in [2.24, 2.45) is 0 Å². The molecule has 0 aliphatic rings. The minimum Gasteiger partial charge on any atom is -0.489 e. The van der Waals surface area contributed by atoms with Crippen LogP contribution in [0.25, 0.3) is 0 Å². The molecular weight excluding hydrogens is 562 g/mol. The van der Waals surface area contributed by atoms with Crippen LogP contribution in [0.15, 0.2) is 78.9 Å².